The number of rotatable bonds is 4. The number of nitrogens with zero attached hydrogens (tertiary/aromatic N) is 7. The highest BCUT2D eigenvalue weighted by atomic mass is 32.1. The van der Waals surface area contributed by atoms with Crippen molar-refractivity contribution >= 4 is 28.9 Å². The van der Waals surface area contributed by atoms with Gasteiger partial charge in [0, 0.05) is 14.1 Å². The molecule has 0 saturated heterocycles. The quantitative estimate of drug-likeness (QED) is 0.705. The van der Waals surface area contributed by atoms with E-state index in [1.54, 1.807) is 0 Å². The normalized spacial score (nSPS) is 11.1. The van der Waals surface area contributed by atoms with Gasteiger partial charge in [-0.2, -0.15) is 33.0 Å². The third-order valence-electron chi connectivity index (χ3n) is 3.44. The molecule has 28 heavy (non-hydrogen) atoms. The molecule has 1 N–H and O–H groups in total. The summed E-state index contributed by atoms with van der Waals surface area (Å²) in [7, 11) is 2.80. The molecular formula is C15H11F3N8OS. The Hall–Kier alpha value is -3.53. The van der Waals surface area contributed by atoms with Crippen LogP contribution in [0.3, 0.4) is 0 Å². The van der Waals surface area contributed by atoms with Crippen LogP contribution in [0.5, 0.6) is 0 Å². The van der Waals surface area contributed by atoms with Gasteiger partial charge in [0.2, 0.25) is 0 Å². The first kappa shape index (κ1) is 19.2. The Bertz CT molecular complexity index is 1050. The Labute approximate surface area is 160 Å². The molecule has 0 aliphatic heterocycles. The van der Waals surface area contributed by atoms with Crippen LogP contribution in [-0.4, -0.2) is 44.4 Å². The standard InChI is InChI=1S/C15H11F3N8OS/c1-25(2)13-10(15(16,17)18)11(28-24-13)14(27)23-9-5-8(6-19)12(20-7-9)26-21-3-4-22-26/h3-5,7H,1-2H3,(H,23,27). The number of nitriles is 1. The maximum Gasteiger partial charge on any atom is 0.421 e. The highest BCUT2D eigenvalue weighted by Crippen LogP contribution is 2.40. The Balaban J connectivity index is 1.93. The van der Waals surface area contributed by atoms with Crippen molar-refractivity contribution in [2.75, 3.05) is 24.3 Å². The van der Waals surface area contributed by atoms with E-state index >= 15 is 0 Å². The molecule has 0 bridgehead atoms. The van der Waals surface area contributed by atoms with Gasteiger partial charge in [-0.05, 0) is 17.6 Å². The minimum Gasteiger partial charge on any atom is -0.361 e. The Morgan fingerprint density at radius 3 is 2.57 bits per heavy atom. The molecule has 3 aromatic rings. The summed E-state index contributed by atoms with van der Waals surface area (Å²) in [5.41, 5.74) is -1.04. The van der Waals surface area contributed by atoms with Crippen LogP contribution in [0.25, 0.3) is 5.82 Å². The minimum atomic E-state index is -4.76. The summed E-state index contributed by atoms with van der Waals surface area (Å²) in [4.78, 5) is 18.1. The molecular weight excluding hydrogens is 397 g/mol. The summed E-state index contributed by atoms with van der Waals surface area (Å²) in [5.74, 6) is -1.23. The molecule has 3 rings (SSSR count). The van der Waals surface area contributed by atoms with Crippen molar-refractivity contribution < 1.29 is 18.0 Å². The number of alkyl halides is 3. The van der Waals surface area contributed by atoms with Gasteiger partial charge in [-0.1, -0.05) is 0 Å². The van der Waals surface area contributed by atoms with Crippen molar-refractivity contribution in [3.05, 3.63) is 40.7 Å². The first-order valence-corrected chi connectivity index (χ1v) is 8.32. The van der Waals surface area contributed by atoms with E-state index in [4.69, 9.17) is 0 Å². The molecule has 3 heterocycles. The Kier molecular flexibility index (Phi) is 4.97. The van der Waals surface area contributed by atoms with Crippen molar-refractivity contribution in [3.8, 4) is 11.9 Å². The lowest BCUT2D eigenvalue weighted by Crippen LogP contribution is -2.20. The van der Waals surface area contributed by atoms with E-state index in [2.05, 4.69) is 24.9 Å². The number of halogens is 3. The van der Waals surface area contributed by atoms with Crippen molar-refractivity contribution in [2.24, 2.45) is 0 Å². The minimum absolute atomic E-state index is 0.0309. The van der Waals surface area contributed by atoms with E-state index in [0.29, 0.717) is 11.5 Å². The number of nitrogens with one attached hydrogen (secondary N) is 1. The van der Waals surface area contributed by atoms with Crippen LogP contribution in [0.15, 0.2) is 24.7 Å². The second kappa shape index (κ2) is 7.24. The molecule has 1 amide bonds. The van der Waals surface area contributed by atoms with E-state index < -0.39 is 22.5 Å². The summed E-state index contributed by atoms with van der Waals surface area (Å²) in [6, 6.07) is 3.15. The van der Waals surface area contributed by atoms with Gasteiger partial charge < -0.3 is 10.2 Å². The highest BCUT2D eigenvalue weighted by Gasteiger charge is 2.41. The van der Waals surface area contributed by atoms with E-state index in [-0.39, 0.29) is 22.9 Å². The van der Waals surface area contributed by atoms with Gasteiger partial charge >= 0.3 is 6.18 Å². The van der Waals surface area contributed by atoms with Crippen LogP contribution in [-0.2, 0) is 6.18 Å². The zero-order valence-electron chi connectivity index (χ0n) is 14.4. The zero-order valence-corrected chi connectivity index (χ0v) is 15.2. The third-order valence-corrected chi connectivity index (χ3v) is 4.28. The second-order valence-electron chi connectivity index (χ2n) is 5.58. The lowest BCUT2D eigenvalue weighted by atomic mass is 10.2. The number of carbonyl (C=O) groups excluding carboxylic acids is 1. The van der Waals surface area contributed by atoms with Gasteiger partial charge in [-0.3, -0.25) is 4.79 Å². The van der Waals surface area contributed by atoms with Crippen molar-refractivity contribution in [1.82, 2.24) is 24.4 Å². The SMILES string of the molecule is CN(C)c1nsc(C(=O)Nc2cnc(-n3nccn3)c(C#N)c2)c1C(F)(F)F. The third kappa shape index (κ3) is 3.62. The Morgan fingerprint density at radius 1 is 1.32 bits per heavy atom. The molecule has 0 radical (unpaired) electrons. The van der Waals surface area contributed by atoms with Gasteiger partial charge in [-0.15, -0.1) is 4.80 Å². The van der Waals surface area contributed by atoms with E-state index in [1.165, 1.54) is 43.7 Å². The average Bonchev–Trinajstić information content (AvgIpc) is 3.30. The Morgan fingerprint density at radius 2 is 2.00 bits per heavy atom. The van der Waals surface area contributed by atoms with E-state index in [9.17, 15) is 23.2 Å². The van der Waals surface area contributed by atoms with Crippen LogP contribution < -0.4 is 10.2 Å². The van der Waals surface area contributed by atoms with Gasteiger partial charge in [-0.25, -0.2) is 4.98 Å². The molecule has 0 aliphatic rings. The van der Waals surface area contributed by atoms with E-state index in [0.717, 1.165) is 4.80 Å². The van der Waals surface area contributed by atoms with Crippen LogP contribution in [0.4, 0.5) is 24.7 Å². The number of carbonyl (C=O) groups is 1. The van der Waals surface area contributed by atoms with Crippen molar-refractivity contribution in [3.63, 3.8) is 0 Å². The van der Waals surface area contributed by atoms with Crippen LogP contribution in [0.1, 0.15) is 20.8 Å². The molecule has 0 aromatic carbocycles. The predicted molar refractivity (Wildman–Crippen MR) is 93.3 cm³/mol. The summed E-state index contributed by atoms with van der Waals surface area (Å²) >= 11 is 0.437. The first-order chi connectivity index (χ1) is 13.2. The molecule has 13 heteroatoms. The summed E-state index contributed by atoms with van der Waals surface area (Å²) in [6.45, 7) is 0. The van der Waals surface area contributed by atoms with Crippen LogP contribution in [0.2, 0.25) is 0 Å². The lowest BCUT2D eigenvalue weighted by molar-refractivity contribution is -0.137. The summed E-state index contributed by atoms with van der Waals surface area (Å²) in [5, 5.41) is 19.3. The van der Waals surface area contributed by atoms with Crippen LogP contribution >= 0.6 is 11.5 Å². The number of aromatic nitrogens is 5. The fourth-order valence-electron chi connectivity index (χ4n) is 2.28. The number of amides is 1. The summed E-state index contributed by atoms with van der Waals surface area (Å²) in [6.07, 6.45) is -0.782. The largest absolute Gasteiger partial charge is 0.421 e. The molecule has 0 saturated carbocycles. The molecule has 9 nitrogen and oxygen atoms in total. The maximum absolute atomic E-state index is 13.4. The molecule has 0 aliphatic carbocycles. The molecule has 0 spiro atoms. The smallest absolute Gasteiger partial charge is 0.361 e. The number of anilines is 2. The zero-order chi connectivity index (χ0) is 20.5. The van der Waals surface area contributed by atoms with Gasteiger partial charge in [0.1, 0.15) is 22.1 Å². The molecule has 0 atom stereocenters. The first-order valence-electron chi connectivity index (χ1n) is 7.54. The second-order valence-corrected chi connectivity index (χ2v) is 6.36. The summed E-state index contributed by atoms with van der Waals surface area (Å²) < 4.78 is 44.0. The van der Waals surface area contributed by atoms with Gasteiger partial charge in [0.05, 0.1) is 24.3 Å². The van der Waals surface area contributed by atoms with Crippen molar-refractivity contribution in [1.29, 1.82) is 5.26 Å². The van der Waals surface area contributed by atoms with Crippen LogP contribution in [0, 0.1) is 11.3 Å². The monoisotopic (exact) mass is 408 g/mol. The van der Waals surface area contributed by atoms with Gasteiger partial charge in [0.25, 0.3) is 5.91 Å². The molecule has 0 fully saturated rings. The molecule has 144 valence electrons. The topological polar surface area (TPSA) is 113 Å². The van der Waals surface area contributed by atoms with Gasteiger partial charge in [0.15, 0.2) is 11.6 Å². The maximum atomic E-state index is 13.4. The fraction of sp³-hybridized carbons (Fsp3) is 0.200. The number of hydrogen-bond donors (Lipinski definition) is 1. The number of pyridine rings is 1. The average molecular weight is 408 g/mol. The predicted octanol–water partition coefficient (Wildman–Crippen LogP) is 2.33. The fourth-order valence-corrected chi connectivity index (χ4v) is 3.14. The molecule has 3 aromatic heterocycles. The van der Waals surface area contributed by atoms with Crippen molar-refractivity contribution in [2.45, 2.75) is 6.18 Å². The lowest BCUT2D eigenvalue weighted by Gasteiger charge is -2.14. The highest BCUT2D eigenvalue weighted by molar-refractivity contribution is 7.08. The molecule has 0 unspecified atom stereocenters. The van der Waals surface area contributed by atoms with E-state index in [1.807, 2.05) is 6.07 Å². The number of hydrogen-bond acceptors (Lipinski definition) is 8.